The SMILES string of the molecule is CCCC(=Cc1cccc2[nH]ccc12)[N+](=O)[O-]. The van der Waals surface area contributed by atoms with Gasteiger partial charge in [0.25, 0.3) is 0 Å². The normalized spacial score (nSPS) is 11.9. The second kappa shape index (κ2) is 4.82. The molecule has 0 saturated carbocycles. The van der Waals surface area contributed by atoms with Crippen LogP contribution in [0, 0.1) is 10.1 Å². The Morgan fingerprint density at radius 2 is 2.29 bits per heavy atom. The molecule has 0 atom stereocenters. The van der Waals surface area contributed by atoms with E-state index in [0.29, 0.717) is 6.42 Å². The Bertz CT molecular complexity index is 570. The van der Waals surface area contributed by atoms with Crippen molar-refractivity contribution < 1.29 is 4.92 Å². The molecule has 88 valence electrons. The van der Waals surface area contributed by atoms with Crippen LogP contribution in [0.5, 0.6) is 0 Å². The Morgan fingerprint density at radius 1 is 1.47 bits per heavy atom. The van der Waals surface area contributed by atoms with Gasteiger partial charge in [0, 0.05) is 29.6 Å². The van der Waals surface area contributed by atoms with Crippen LogP contribution in [0.1, 0.15) is 25.3 Å². The number of rotatable bonds is 4. The maximum absolute atomic E-state index is 10.9. The minimum absolute atomic E-state index is 0.265. The molecule has 0 aliphatic heterocycles. The summed E-state index contributed by atoms with van der Waals surface area (Å²) >= 11 is 0. The molecule has 0 aliphatic carbocycles. The highest BCUT2D eigenvalue weighted by molar-refractivity contribution is 5.88. The van der Waals surface area contributed by atoms with Gasteiger partial charge in [-0.25, -0.2) is 0 Å². The summed E-state index contributed by atoms with van der Waals surface area (Å²) in [6.07, 6.45) is 4.77. The first-order valence-electron chi connectivity index (χ1n) is 5.63. The van der Waals surface area contributed by atoms with Crippen LogP contribution in [0.4, 0.5) is 0 Å². The highest BCUT2D eigenvalue weighted by Crippen LogP contribution is 2.21. The topological polar surface area (TPSA) is 58.9 Å². The summed E-state index contributed by atoms with van der Waals surface area (Å²) in [7, 11) is 0. The minimum Gasteiger partial charge on any atom is -0.361 e. The van der Waals surface area contributed by atoms with Crippen molar-refractivity contribution in [3.63, 3.8) is 0 Å². The first-order chi connectivity index (χ1) is 8.22. The van der Waals surface area contributed by atoms with Gasteiger partial charge >= 0.3 is 0 Å². The van der Waals surface area contributed by atoms with Crippen molar-refractivity contribution in [3.05, 3.63) is 51.8 Å². The van der Waals surface area contributed by atoms with Gasteiger partial charge in [0.15, 0.2) is 0 Å². The predicted molar refractivity (Wildman–Crippen MR) is 68.2 cm³/mol. The van der Waals surface area contributed by atoms with E-state index in [2.05, 4.69) is 4.98 Å². The van der Waals surface area contributed by atoms with E-state index in [1.807, 2.05) is 37.4 Å². The smallest absolute Gasteiger partial charge is 0.246 e. The standard InChI is InChI=1S/C13H14N2O2/c1-2-4-11(15(16)17)9-10-5-3-6-13-12(10)7-8-14-13/h3,5-9,14H,2,4H2,1H3. The number of fused-ring (bicyclic) bond motifs is 1. The lowest BCUT2D eigenvalue weighted by atomic mass is 10.1. The number of hydrogen-bond donors (Lipinski definition) is 1. The van der Waals surface area contributed by atoms with Crippen molar-refractivity contribution in [2.75, 3.05) is 0 Å². The molecule has 17 heavy (non-hydrogen) atoms. The van der Waals surface area contributed by atoms with Gasteiger partial charge in [-0.3, -0.25) is 10.1 Å². The van der Waals surface area contributed by atoms with Crippen molar-refractivity contribution >= 4 is 17.0 Å². The number of H-pyrrole nitrogens is 1. The summed E-state index contributed by atoms with van der Waals surface area (Å²) in [6, 6.07) is 7.69. The average molecular weight is 230 g/mol. The van der Waals surface area contributed by atoms with Crippen LogP contribution in [0.25, 0.3) is 17.0 Å². The Morgan fingerprint density at radius 3 is 3.00 bits per heavy atom. The number of nitrogens with one attached hydrogen (secondary N) is 1. The molecule has 0 unspecified atom stereocenters. The Balaban J connectivity index is 2.48. The quantitative estimate of drug-likeness (QED) is 0.644. The summed E-state index contributed by atoms with van der Waals surface area (Å²) in [5.41, 5.74) is 2.16. The Labute approximate surface area is 99.1 Å². The maximum Gasteiger partial charge on any atom is 0.246 e. The molecule has 1 N–H and O–H groups in total. The van der Waals surface area contributed by atoms with Crippen molar-refractivity contribution in [1.82, 2.24) is 4.98 Å². The van der Waals surface area contributed by atoms with E-state index < -0.39 is 0 Å². The summed E-state index contributed by atoms with van der Waals surface area (Å²) < 4.78 is 0. The van der Waals surface area contributed by atoms with E-state index in [1.54, 1.807) is 6.08 Å². The van der Waals surface area contributed by atoms with E-state index in [9.17, 15) is 10.1 Å². The number of hydrogen-bond acceptors (Lipinski definition) is 2. The molecule has 1 aromatic heterocycles. The molecule has 0 spiro atoms. The zero-order valence-corrected chi connectivity index (χ0v) is 9.64. The fourth-order valence-electron chi connectivity index (χ4n) is 1.89. The van der Waals surface area contributed by atoms with Gasteiger partial charge in [-0.05, 0) is 24.1 Å². The highest BCUT2D eigenvalue weighted by atomic mass is 16.6. The molecule has 0 bridgehead atoms. The number of aromatic amines is 1. The molecular weight excluding hydrogens is 216 g/mol. The fourth-order valence-corrected chi connectivity index (χ4v) is 1.89. The lowest BCUT2D eigenvalue weighted by Crippen LogP contribution is -1.97. The average Bonchev–Trinajstić information content (AvgIpc) is 2.77. The van der Waals surface area contributed by atoms with E-state index >= 15 is 0 Å². The van der Waals surface area contributed by atoms with Crippen LogP contribution in [0.15, 0.2) is 36.2 Å². The van der Waals surface area contributed by atoms with E-state index in [-0.39, 0.29) is 10.6 Å². The van der Waals surface area contributed by atoms with Gasteiger partial charge in [-0.2, -0.15) is 0 Å². The third-order valence-corrected chi connectivity index (χ3v) is 2.69. The van der Waals surface area contributed by atoms with Crippen molar-refractivity contribution in [2.24, 2.45) is 0 Å². The number of benzene rings is 1. The zero-order chi connectivity index (χ0) is 12.3. The first-order valence-corrected chi connectivity index (χ1v) is 5.63. The summed E-state index contributed by atoms with van der Waals surface area (Å²) in [5.74, 6) is 0. The highest BCUT2D eigenvalue weighted by Gasteiger charge is 2.10. The van der Waals surface area contributed by atoms with Gasteiger partial charge in [-0.15, -0.1) is 0 Å². The number of aromatic nitrogens is 1. The van der Waals surface area contributed by atoms with E-state index in [1.165, 1.54) is 0 Å². The Hall–Kier alpha value is -2.10. The first kappa shape index (κ1) is 11.4. The van der Waals surface area contributed by atoms with E-state index in [0.717, 1.165) is 22.9 Å². The van der Waals surface area contributed by atoms with Crippen LogP contribution in [0.2, 0.25) is 0 Å². The molecule has 2 aromatic rings. The Kier molecular flexibility index (Phi) is 3.23. The van der Waals surface area contributed by atoms with Gasteiger partial charge in [0.2, 0.25) is 5.70 Å². The summed E-state index contributed by atoms with van der Waals surface area (Å²) in [6.45, 7) is 1.94. The van der Waals surface area contributed by atoms with Crippen molar-refractivity contribution in [2.45, 2.75) is 19.8 Å². The molecule has 0 amide bonds. The van der Waals surface area contributed by atoms with Crippen LogP contribution < -0.4 is 0 Å². The molecule has 1 heterocycles. The molecule has 0 aliphatic rings. The second-order valence-electron chi connectivity index (χ2n) is 3.93. The number of nitro groups is 1. The summed E-state index contributed by atoms with van der Waals surface area (Å²) in [4.78, 5) is 13.7. The summed E-state index contributed by atoms with van der Waals surface area (Å²) in [5, 5.41) is 11.9. The molecule has 0 saturated heterocycles. The van der Waals surface area contributed by atoms with Crippen LogP contribution in [-0.2, 0) is 0 Å². The largest absolute Gasteiger partial charge is 0.361 e. The lowest BCUT2D eigenvalue weighted by Gasteiger charge is -1.99. The van der Waals surface area contributed by atoms with E-state index in [4.69, 9.17) is 0 Å². The van der Waals surface area contributed by atoms with Crippen LogP contribution in [0.3, 0.4) is 0 Å². The number of allylic oxidation sites excluding steroid dienone is 1. The molecule has 2 rings (SSSR count). The van der Waals surface area contributed by atoms with Crippen LogP contribution in [-0.4, -0.2) is 9.91 Å². The van der Waals surface area contributed by atoms with Gasteiger partial charge in [-0.1, -0.05) is 19.1 Å². The molecular formula is C13H14N2O2. The van der Waals surface area contributed by atoms with Crippen molar-refractivity contribution in [1.29, 1.82) is 0 Å². The second-order valence-corrected chi connectivity index (χ2v) is 3.93. The molecule has 4 nitrogen and oxygen atoms in total. The van der Waals surface area contributed by atoms with Gasteiger partial charge in [0.05, 0.1) is 4.92 Å². The van der Waals surface area contributed by atoms with Gasteiger partial charge in [0.1, 0.15) is 0 Å². The third kappa shape index (κ3) is 2.36. The number of nitrogens with zero attached hydrogens (tertiary/aromatic N) is 1. The predicted octanol–water partition coefficient (Wildman–Crippen LogP) is 3.59. The van der Waals surface area contributed by atoms with Crippen LogP contribution >= 0.6 is 0 Å². The molecule has 0 radical (unpaired) electrons. The molecule has 1 aromatic carbocycles. The minimum atomic E-state index is -0.297. The van der Waals surface area contributed by atoms with Gasteiger partial charge < -0.3 is 4.98 Å². The molecule has 0 fully saturated rings. The fraction of sp³-hybridized carbons (Fsp3) is 0.231. The lowest BCUT2D eigenvalue weighted by molar-refractivity contribution is -0.426. The molecule has 4 heteroatoms. The maximum atomic E-state index is 10.9. The van der Waals surface area contributed by atoms with Crippen molar-refractivity contribution in [3.8, 4) is 0 Å². The third-order valence-electron chi connectivity index (χ3n) is 2.69. The monoisotopic (exact) mass is 230 g/mol. The zero-order valence-electron chi connectivity index (χ0n) is 9.64.